The van der Waals surface area contributed by atoms with Gasteiger partial charge in [0.25, 0.3) is 0 Å². The number of carbonyl (C=O) groups is 2. The highest BCUT2D eigenvalue weighted by atomic mass is 16.5. The summed E-state index contributed by atoms with van der Waals surface area (Å²) in [5, 5.41) is 0. The van der Waals surface area contributed by atoms with Crippen molar-refractivity contribution >= 4 is 11.9 Å². The van der Waals surface area contributed by atoms with Crippen LogP contribution in [0.15, 0.2) is 42.5 Å². The van der Waals surface area contributed by atoms with Gasteiger partial charge in [-0.2, -0.15) is 0 Å². The molecule has 6 heteroatoms. The molecule has 0 unspecified atom stereocenters. The number of carbonyl (C=O) groups excluding carboxylic acids is 2. The minimum Gasteiger partial charge on any atom is -0.493 e. The first-order valence-electron chi connectivity index (χ1n) is 7.63. The van der Waals surface area contributed by atoms with E-state index in [1.165, 1.54) is 14.2 Å². The lowest BCUT2D eigenvalue weighted by molar-refractivity contribution is -0.140. The molecule has 0 N–H and O–H groups in total. The quantitative estimate of drug-likeness (QED) is 0.719. The van der Waals surface area contributed by atoms with Gasteiger partial charge in [-0.1, -0.05) is 18.2 Å². The summed E-state index contributed by atoms with van der Waals surface area (Å²) in [7, 11) is 4.24. The smallest absolute Gasteiger partial charge is 0.309 e. The third kappa shape index (κ3) is 5.24. The van der Waals surface area contributed by atoms with Gasteiger partial charge in [0.05, 0.1) is 34.2 Å². The average molecular weight is 344 g/mol. The van der Waals surface area contributed by atoms with Crippen molar-refractivity contribution in [2.75, 3.05) is 21.3 Å². The summed E-state index contributed by atoms with van der Waals surface area (Å²) < 4.78 is 20.5. The fourth-order valence-electron chi connectivity index (χ4n) is 2.19. The molecule has 132 valence electrons. The van der Waals surface area contributed by atoms with Gasteiger partial charge in [0.15, 0.2) is 11.5 Å². The van der Waals surface area contributed by atoms with Crippen molar-refractivity contribution in [2.24, 2.45) is 0 Å². The Kier molecular flexibility index (Phi) is 6.39. The monoisotopic (exact) mass is 344 g/mol. The molecule has 6 nitrogen and oxygen atoms in total. The SMILES string of the molecule is COC(=O)Cc1ccc(Oc2cc(CC(=O)OC)ccc2OC)cc1. The van der Waals surface area contributed by atoms with E-state index in [0.717, 1.165) is 11.1 Å². The molecule has 2 aromatic rings. The molecule has 0 radical (unpaired) electrons. The third-order valence-corrected chi connectivity index (χ3v) is 3.53. The van der Waals surface area contributed by atoms with Gasteiger partial charge in [0.1, 0.15) is 5.75 Å². The Balaban J connectivity index is 2.16. The number of ether oxygens (including phenoxy) is 4. The van der Waals surface area contributed by atoms with Gasteiger partial charge in [0, 0.05) is 0 Å². The molecule has 0 aliphatic rings. The summed E-state index contributed by atoms with van der Waals surface area (Å²) in [6.07, 6.45) is 0.351. The number of hydrogen-bond acceptors (Lipinski definition) is 6. The van der Waals surface area contributed by atoms with Crippen molar-refractivity contribution in [3.8, 4) is 17.2 Å². The predicted octanol–water partition coefficient (Wildman–Crippen LogP) is 2.92. The number of benzene rings is 2. The Labute approximate surface area is 146 Å². The van der Waals surface area contributed by atoms with Gasteiger partial charge in [-0.25, -0.2) is 0 Å². The average Bonchev–Trinajstić information content (AvgIpc) is 2.63. The molecule has 2 aromatic carbocycles. The lowest BCUT2D eigenvalue weighted by Crippen LogP contribution is -2.05. The highest BCUT2D eigenvalue weighted by molar-refractivity contribution is 5.73. The molecule has 0 aliphatic carbocycles. The van der Waals surface area contributed by atoms with Gasteiger partial charge in [-0.05, 0) is 35.4 Å². The molecule has 0 saturated carbocycles. The van der Waals surface area contributed by atoms with Crippen LogP contribution >= 0.6 is 0 Å². The first-order chi connectivity index (χ1) is 12.0. The second-order valence-corrected chi connectivity index (χ2v) is 5.24. The van der Waals surface area contributed by atoms with Crippen molar-refractivity contribution in [2.45, 2.75) is 12.8 Å². The minimum absolute atomic E-state index is 0.148. The molecule has 0 atom stereocenters. The van der Waals surface area contributed by atoms with Crippen molar-refractivity contribution in [1.29, 1.82) is 0 Å². The summed E-state index contributed by atoms with van der Waals surface area (Å²) in [5.41, 5.74) is 1.58. The van der Waals surface area contributed by atoms with Crippen molar-refractivity contribution in [1.82, 2.24) is 0 Å². The molecule has 0 amide bonds. The standard InChI is InChI=1S/C19H20O6/c1-22-16-9-6-14(12-19(21)24-3)10-17(16)25-15-7-4-13(5-8-15)11-18(20)23-2/h4-10H,11-12H2,1-3H3. The molecule has 0 aromatic heterocycles. The second-order valence-electron chi connectivity index (χ2n) is 5.24. The zero-order chi connectivity index (χ0) is 18.2. The van der Waals surface area contributed by atoms with Crippen LogP contribution in [0.2, 0.25) is 0 Å². The van der Waals surface area contributed by atoms with Crippen molar-refractivity contribution < 1.29 is 28.5 Å². The first-order valence-corrected chi connectivity index (χ1v) is 7.63. The number of hydrogen-bond donors (Lipinski definition) is 0. The van der Waals surface area contributed by atoms with Crippen LogP contribution in [0.4, 0.5) is 0 Å². The third-order valence-electron chi connectivity index (χ3n) is 3.53. The van der Waals surface area contributed by atoms with E-state index in [2.05, 4.69) is 9.47 Å². The minimum atomic E-state index is -0.330. The fraction of sp³-hybridized carbons (Fsp3) is 0.263. The highest BCUT2D eigenvalue weighted by Crippen LogP contribution is 2.32. The molecular formula is C19H20O6. The zero-order valence-electron chi connectivity index (χ0n) is 14.4. The van der Waals surface area contributed by atoms with Crippen LogP contribution in [-0.2, 0) is 31.9 Å². The Hall–Kier alpha value is -3.02. The van der Waals surface area contributed by atoms with Crippen molar-refractivity contribution in [3.63, 3.8) is 0 Å². The van der Waals surface area contributed by atoms with E-state index in [1.54, 1.807) is 49.6 Å². The van der Waals surface area contributed by atoms with Crippen LogP contribution in [0.25, 0.3) is 0 Å². The maximum Gasteiger partial charge on any atom is 0.309 e. The Morgan fingerprint density at radius 2 is 1.32 bits per heavy atom. The highest BCUT2D eigenvalue weighted by Gasteiger charge is 2.10. The molecule has 0 fully saturated rings. The summed E-state index contributed by atoms with van der Waals surface area (Å²) in [6, 6.07) is 12.3. The van der Waals surface area contributed by atoms with Crippen LogP contribution in [-0.4, -0.2) is 33.3 Å². The van der Waals surface area contributed by atoms with E-state index in [1.807, 2.05) is 0 Å². The topological polar surface area (TPSA) is 71.1 Å². The molecule has 0 saturated heterocycles. The molecule has 2 rings (SSSR count). The van der Waals surface area contributed by atoms with Gasteiger partial charge >= 0.3 is 11.9 Å². The van der Waals surface area contributed by atoms with Gasteiger partial charge < -0.3 is 18.9 Å². The van der Waals surface area contributed by atoms with E-state index in [0.29, 0.717) is 17.2 Å². The van der Waals surface area contributed by atoms with Crippen LogP contribution in [0.3, 0.4) is 0 Å². The van der Waals surface area contributed by atoms with Crippen LogP contribution in [0.1, 0.15) is 11.1 Å². The number of methoxy groups -OCH3 is 3. The molecular weight excluding hydrogens is 324 g/mol. The van der Waals surface area contributed by atoms with Crippen LogP contribution in [0, 0.1) is 0 Å². The van der Waals surface area contributed by atoms with Crippen LogP contribution < -0.4 is 9.47 Å². The molecule has 0 heterocycles. The lowest BCUT2D eigenvalue weighted by atomic mass is 10.1. The molecule has 0 bridgehead atoms. The van der Waals surface area contributed by atoms with Crippen molar-refractivity contribution in [3.05, 3.63) is 53.6 Å². The molecule has 0 aliphatic heterocycles. The second kappa shape index (κ2) is 8.73. The number of rotatable bonds is 7. The van der Waals surface area contributed by atoms with E-state index >= 15 is 0 Å². The first kappa shape index (κ1) is 18.3. The molecule has 0 spiro atoms. The maximum absolute atomic E-state index is 11.4. The summed E-state index contributed by atoms with van der Waals surface area (Å²) in [5.74, 6) is 0.994. The fourth-order valence-corrected chi connectivity index (χ4v) is 2.19. The van der Waals surface area contributed by atoms with E-state index < -0.39 is 0 Å². The predicted molar refractivity (Wildman–Crippen MR) is 91.0 cm³/mol. The number of esters is 2. The van der Waals surface area contributed by atoms with E-state index in [4.69, 9.17) is 9.47 Å². The normalized spacial score (nSPS) is 10.0. The lowest BCUT2D eigenvalue weighted by Gasteiger charge is -2.12. The maximum atomic E-state index is 11.4. The Morgan fingerprint density at radius 1 is 0.760 bits per heavy atom. The van der Waals surface area contributed by atoms with Gasteiger partial charge in [0.2, 0.25) is 0 Å². The van der Waals surface area contributed by atoms with Crippen LogP contribution in [0.5, 0.6) is 17.2 Å². The largest absolute Gasteiger partial charge is 0.493 e. The Bertz CT molecular complexity index is 736. The summed E-state index contributed by atoms with van der Waals surface area (Å²) in [6.45, 7) is 0. The molecule has 25 heavy (non-hydrogen) atoms. The van der Waals surface area contributed by atoms with Gasteiger partial charge in [-0.3, -0.25) is 9.59 Å². The van der Waals surface area contributed by atoms with Gasteiger partial charge in [-0.15, -0.1) is 0 Å². The summed E-state index contributed by atoms with van der Waals surface area (Å²) >= 11 is 0. The van der Waals surface area contributed by atoms with E-state index in [-0.39, 0.29) is 24.8 Å². The zero-order valence-corrected chi connectivity index (χ0v) is 14.4. The summed E-state index contributed by atoms with van der Waals surface area (Å²) in [4.78, 5) is 22.7. The Morgan fingerprint density at radius 3 is 1.88 bits per heavy atom. The van der Waals surface area contributed by atoms with E-state index in [9.17, 15) is 9.59 Å².